The molecule has 13 heavy (non-hydrogen) atoms. The standard InChI is InChI=1S/C10H15ClN2/c1-7(2)3-10-9(11)4-8(5-12)6-13-10/h4,6-7H,3,5,12H2,1-2H3. The molecule has 1 aromatic rings. The number of hydrogen-bond donors (Lipinski definition) is 1. The average molecular weight is 199 g/mol. The van der Waals surface area contributed by atoms with Crippen LogP contribution < -0.4 is 5.73 Å². The van der Waals surface area contributed by atoms with Crippen molar-refractivity contribution in [1.29, 1.82) is 0 Å². The fraction of sp³-hybridized carbons (Fsp3) is 0.500. The van der Waals surface area contributed by atoms with E-state index < -0.39 is 0 Å². The molecule has 0 aromatic carbocycles. The first-order valence-electron chi connectivity index (χ1n) is 4.47. The van der Waals surface area contributed by atoms with Crippen molar-refractivity contribution >= 4 is 11.6 Å². The van der Waals surface area contributed by atoms with Gasteiger partial charge >= 0.3 is 0 Å². The molecule has 0 aliphatic rings. The highest BCUT2D eigenvalue weighted by Gasteiger charge is 2.04. The largest absolute Gasteiger partial charge is 0.326 e. The van der Waals surface area contributed by atoms with Crippen LogP contribution in [0.2, 0.25) is 5.02 Å². The van der Waals surface area contributed by atoms with E-state index in [0.717, 1.165) is 22.7 Å². The Kier molecular flexibility index (Phi) is 3.70. The van der Waals surface area contributed by atoms with Crippen LogP contribution in [0.3, 0.4) is 0 Å². The van der Waals surface area contributed by atoms with Crippen LogP contribution in [-0.4, -0.2) is 4.98 Å². The molecule has 0 saturated carbocycles. The monoisotopic (exact) mass is 198 g/mol. The average Bonchev–Trinajstić information content (AvgIpc) is 2.08. The minimum Gasteiger partial charge on any atom is -0.326 e. The zero-order valence-electron chi connectivity index (χ0n) is 8.05. The number of pyridine rings is 1. The molecule has 0 spiro atoms. The lowest BCUT2D eigenvalue weighted by molar-refractivity contribution is 0.635. The van der Waals surface area contributed by atoms with Crippen LogP contribution in [0.15, 0.2) is 12.3 Å². The van der Waals surface area contributed by atoms with Gasteiger partial charge in [0.25, 0.3) is 0 Å². The summed E-state index contributed by atoms with van der Waals surface area (Å²) in [7, 11) is 0. The van der Waals surface area contributed by atoms with Crippen LogP contribution in [0.25, 0.3) is 0 Å². The lowest BCUT2D eigenvalue weighted by atomic mass is 10.1. The summed E-state index contributed by atoms with van der Waals surface area (Å²) in [5.74, 6) is 0.578. The number of halogens is 1. The molecule has 0 atom stereocenters. The molecular weight excluding hydrogens is 184 g/mol. The first kappa shape index (κ1) is 10.5. The lowest BCUT2D eigenvalue weighted by Gasteiger charge is -2.07. The Hall–Kier alpha value is -0.600. The smallest absolute Gasteiger partial charge is 0.0624 e. The van der Waals surface area contributed by atoms with Crippen LogP contribution in [0, 0.1) is 5.92 Å². The van der Waals surface area contributed by atoms with Crippen LogP contribution >= 0.6 is 11.6 Å². The highest BCUT2D eigenvalue weighted by molar-refractivity contribution is 6.31. The predicted octanol–water partition coefficient (Wildman–Crippen LogP) is 2.39. The van der Waals surface area contributed by atoms with E-state index in [0.29, 0.717) is 12.5 Å². The van der Waals surface area contributed by atoms with E-state index in [2.05, 4.69) is 18.8 Å². The molecule has 2 N–H and O–H groups in total. The van der Waals surface area contributed by atoms with E-state index in [4.69, 9.17) is 17.3 Å². The zero-order valence-corrected chi connectivity index (χ0v) is 8.80. The molecule has 0 fully saturated rings. The molecule has 0 aliphatic carbocycles. The Balaban J connectivity index is 2.85. The van der Waals surface area contributed by atoms with Gasteiger partial charge in [-0.15, -0.1) is 0 Å². The first-order valence-corrected chi connectivity index (χ1v) is 4.84. The first-order chi connectivity index (χ1) is 6.13. The third-order valence-corrected chi connectivity index (χ3v) is 2.14. The molecule has 1 aromatic heterocycles. The van der Waals surface area contributed by atoms with Gasteiger partial charge in [-0.05, 0) is 24.0 Å². The maximum atomic E-state index is 6.03. The second kappa shape index (κ2) is 4.58. The Morgan fingerprint density at radius 3 is 2.69 bits per heavy atom. The maximum absolute atomic E-state index is 6.03. The molecule has 3 heteroatoms. The zero-order chi connectivity index (χ0) is 9.84. The third-order valence-electron chi connectivity index (χ3n) is 1.81. The summed E-state index contributed by atoms with van der Waals surface area (Å²) in [5.41, 5.74) is 7.42. The Labute approximate surface area is 84.1 Å². The Morgan fingerprint density at radius 2 is 2.23 bits per heavy atom. The summed E-state index contributed by atoms with van der Waals surface area (Å²) in [6, 6.07) is 1.90. The van der Waals surface area contributed by atoms with Gasteiger partial charge in [0.15, 0.2) is 0 Å². The topological polar surface area (TPSA) is 38.9 Å². The van der Waals surface area contributed by atoms with Gasteiger partial charge in [-0.25, -0.2) is 0 Å². The summed E-state index contributed by atoms with van der Waals surface area (Å²) < 4.78 is 0. The summed E-state index contributed by atoms with van der Waals surface area (Å²) in [4.78, 5) is 4.28. The molecule has 0 aliphatic heterocycles. The summed E-state index contributed by atoms with van der Waals surface area (Å²) >= 11 is 6.03. The minimum atomic E-state index is 0.495. The van der Waals surface area contributed by atoms with Crippen molar-refractivity contribution in [2.75, 3.05) is 0 Å². The molecule has 0 bridgehead atoms. The normalized spacial score (nSPS) is 10.8. The van der Waals surface area contributed by atoms with Crippen LogP contribution in [-0.2, 0) is 13.0 Å². The van der Waals surface area contributed by atoms with Gasteiger partial charge in [-0.2, -0.15) is 0 Å². The van der Waals surface area contributed by atoms with Crippen molar-refractivity contribution in [3.8, 4) is 0 Å². The summed E-state index contributed by atoms with van der Waals surface area (Å²) in [5, 5.41) is 0.733. The lowest BCUT2D eigenvalue weighted by Crippen LogP contribution is -2.02. The fourth-order valence-electron chi connectivity index (χ4n) is 1.15. The van der Waals surface area contributed by atoms with Crippen LogP contribution in [0.1, 0.15) is 25.1 Å². The van der Waals surface area contributed by atoms with Gasteiger partial charge in [0, 0.05) is 12.7 Å². The molecule has 1 heterocycles. The van der Waals surface area contributed by atoms with E-state index in [1.807, 2.05) is 6.07 Å². The molecule has 0 radical (unpaired) electrons. The van der Waals surface area contributed by atoms with Gasteiger partial charge in [0.05, 0.1) is 10.7 Å². The molecule has 0 saturated heterocycles. The van der Waals surface area contributed by atoms with Crippen molar-refractivity contribution in [3.05, 3.63) is 28.5 Å². The molecular formula is C10H15ClN2. The highest BCUT2D eigenvalue weighted by Crippen LogP contribution is 2.17. The Bertz CT molecular complexity index is 284. The number of rotatable bonds is 3. The van der Waals surface area contributed by atoms with E-state index in [9.17, 15) is 0 Å². The van der Waals surface area contributed by atoms with Gasteiger partial charge in [-0.1, -0.05) is 25.4 Å². The molecule has 1 rings (SSSR count). The number of nitrogens with zero attached hydrogens (tertiary/aromatic N) is 1. The fourth-order valence-corrected chi connectivity index (χ4v) is 1.42. The molecule has 2 nitrogen and oxygen atoms in total. The van der Waals surface area contributed by atoms with Gasteiger partial charge in [0.1, 0.15) is 0 Å². The van der Waals surface area contributed by atoms with Gasteiger partial charge in [0.2, 0.25) is 0 Å². The predicted molar refractivity (Wildman–Crippen MR) is 55.7 cm³/mol. The molecule has 0 amide bonds. The number of hydrogen-bond acceptors (Lipinski definition) is 2. The second-order valence-corrected chi connectivity index (χ2v) is 3.98. The van der Waals surface area contributed by atoms with Crippen molar-refractivity contribution in [2.45, 2.75) is 26.8 Å². The number of aromatic nitrogens is 1. The van der Waals surface area contributed by atoms with Crippen molar-refractivity contribution in [3.63, 3.8) is 0 Å². The van der Waals surface area contributed by atoms with E-state index in [1.54, 1.807) is 6.20 Å². The summed E-state index contributed by atoms with van der Waals surface area (Å²) in [6.07, 6.45) is 2.72. The maximum Gasteiger partial charge on any atom is 0.0624 e. The van der Waals surface area contributed by atoms with Crippen molar-refractivity contribution in [1.82, 2.24) is 4.98 Å². The highest BCUT2D eigenvalue weighted by atomic mass is 35.5. The van der Waals surface area contributed by atoms with Crippen molar-refractivity contribution < 1.29 is 0 Å². The Morgan fingerprint density at radius 1 is 1.54 bits per heavy atom. The van der Waals surface area contributed by atoms with E-state index >= 15 is 0 Å². The van der Waals surface area contributed by atoms with E-state index in [1.165, 1.54) is 0 Å². The summed E-state index contributed by atoms with van der Waals surface area (Å²) in [6.45, 7) is 4.79. The van der Waals surface area contributed by atoms with Gasteiger partial charge in [-0.3, -0.25) is 4.98 Å². The van der Waals surface area contributed by atoms with Crippen LogP contribution in [0.4, 0.5) is 0 Å². The molecule has 0 unspecified atom stereocenters. The second-order valence-electron chi connectivity index (χ2n) is 3.57. The van der Waals surface area contributed by atoms with Crippen molar-refractivity contribution in [2.24, 2.45) is 11.7 Å². The van der Waals surface area contributed by atoms with E-state index in [-0.39, 0.29) is 0 Å². The number of nitrogens with two attached hydrogens (primary N) is 1. The minimum absolute atomic E-state index is 0.495. The molecule has 72 valence electrons. The quantitative estimate of drug-likeness (QED) is 0.810. The SMILES string of the molecule is CC(C)Cc1ncc(CN)cc1Cl. The van der Waals surface area contributed by atoms with Crippen LogP contribution in [0.5, 0.6) is 0 Å². The van der Waals surface area contributed by atoms with Gasteiger partial charge < -0.3 is 5.73 Å². The third kappa shape index (κ3) is 2.98.